The second kappa shape index (κ2) is 8.82. The van der Waals surface area contributed by atoms with Gasteiger partial charge in [-0.05, 0) is 67.4 Å². The maximum Gasteiger partial charge on any atom is 0.300 e. The third kappa shape index (κ3) is 3.95. The molecule has 2 aromatic carbocycles. The maximum absolute atomic E-state index is 14.0. The number of anilines is 1. The van der Waals surface area contributed by atoms with Crippen LogP contribution in [0, 0.1) is 18.6 Å². The minimum Gasteiger partial charge on any atom is -0.507 e. The predicted molar refractivity (Wildman–Crippen MR) is 118 cm³/mol. The number of nitrogens with zero attached hydrogens (tertiary/aromatic N) is 2. The monoisotopic (exact) mass is 450 g/mol. The second-order valence-electron chi connectivity index (χ2n) is 7.46. The van der Waals surface area contributed by atoms with E-state index in [0.29, 0.717) is 23.5 Å². The van der Waals surface area contributed by atoms with Gasteiger partial charge in [0, 0.05) is 29.7 Å². The number of Topliss-reactive ketones (excluding diaryl/α,β-unsaturated/α-hetero) is 1. The zero-order chi connectivity index (χ0) is 23.7. The Hall–Kier alpha value is -4.07. The van der Waals surface area contributed by atoms with Crippen molar-refractivity contribution in [3.05, 3.63) is 94.8 Å². The first kappa shape index (κ1) is 22.1. The van der Waals surface area contributed by atoms with E-state index in [1.165, 1.54) is 18.5 Å². The SMILES string of the molecule is CCOc1ccc(/C(O)=C2\C(=O)C(=O)N(c3ccc(F)c(F)c3)C2c2ccncc2)cc1C. The van der Waals surface area contributed by atoms with Gasteiger partial charge < -0.3 is 9.84 Å². The van der Waals surface area contributed by atoms with Crippen molar-refractivity contribution in [1.29, 1.82) is 0 Å². The fourth-order valence-electron chi connectivity index (χ4n) is 3.86. The summed E-state index contributed by atoms with van der Waals surface area (Å²) >= 11 is 0. The number of aromatic nitrogens is 1. The molecule has 33 heavy (non-hydrogen) atoms. The van der Waals surface area contributed by atoms with Crippen molar-refractivity contribution in [2.75, 3.05) is 11.5 Å². The van der Waals surface area contributed by atoms with E-state index in [0.717, 1.165) is 22.6 Å². The number of rotatable bonds is 5. The molecule has 6 nitrogen and oxygen atoms in total. The van der Waals surface area contributed by atoms with E-state index in [-0.39, 0.29) is 17.0 Å². The first-order valence-electron chi connectivity index (χ1n) is 10.2. The lowest BCUT2D eigenvalue weighted by Crippen LogP contribution is -2.29. The van der Waals surface area contributed by atoms with Crippen LogP contribution in [0.3, 0.4) is 0 Å². The van der Waals surface area contributed by atoms with Crippen LogP contribution in [0.1, 0.15) is 29.7 Å². The fraction of sp³-hybridized carbons (Fsp3) is 0.160. The second-order valence-corrected chi connectivity index (χ2v) is 7.46. The zero-order valence-electron chi connectivity index (χ0n) is 17.9. The number of amides is 1. The molecule has 1 amide bonds. The van der Waals surface area contributed by atoms with Gasteiger partial charge in [-0.1, -0.05) is 0 Å². The van der Waals surface area contributed by atoms with Crippen LogP contribution in [-0.2, 0) is 9.59 Å². The highest BCUT2D eigenvalue weighted by Gasteiger charge is 2.47. The van der Waals surface area contributed by atoms with E-state index in [9.17, 15) is 23.5 Å². The number of carbonyl (C=O) groups excluding carboxylic acids is 2. The van der Waals surface area contributed by atoms with Gasteiger partial charge in [0.05, 0.1) is 18.2 Å². The Labute approximate surface area is 188 Å². The molecule has 1 aliphatic heterocycles. The lowest BCUT2D eigenvalue weighted by Gasteiger charge is -2.25. The van der Waals surface area contributed by atoms with Crippen LogP contribution in [0.2, 0.25) is 0 Å². The molecule has 2 heterocycles. The van der Waals surface area contributed by atoms with Crippen LogP contribution in [0.15, 0.2) is 66.5 Å². The minimum atomic E-state index is -1.16. The topological polar surface area (TPSA) is 79.7 Å². The Morgan fingerprint density at radius 3 is 2.42 bits per heavy atom. The summed E-state index contributed by atoms with van der Waals surface area (Å²) in [6.45, 7) is 4.11. The molecule has 1 atom stereocenters. The first-order valence-corrected chi connectivity index (χ1v) is 10.2. The summed E-state index contributed by atoms with van der Waals surface area (Å²) in [5.74, 6) is -3.91. The Morgan fingerprint density at radius 1 is 1.06 bits per heavy atom. The number of carbonyl (C=O) groups is 2. The lowest BCUT2D eigenvalue weighted by atomic mass is 9.95. The van der Waals surface area contributed by atoms with E-state index in [1.807, 2.05) is 6.92 Å². The average molecular weight is 450 g/mol. The Morgan fingerprint density at radius 2 is 1.79 bits per heavy atom. The molecule has 0 radical (unpaired) electrons. The molecule has 3 aromatic rings. The first-order chi connectivity index (χ1) is 15.8. The predicted octanol–water partition coefficient (Wildman–Crippen LogP) is 4.69. The van der Waals surface area contributed by atoms with Crippen molar-refractivity contribution in [1.82, 2.24) is 4.98 Å². The number of ether oxygens (including phenoxy) is 1. The average Bonchev–Trinajstić information content (AvgIpc) is 3.08. The molecule has 8 heteroatoms. The van der Waals surface area contributed by atoms with E-state index in [2.05, 4.69) is 4.98 Å². The van der Waals surface area contributed by atoms with Gasteiger partial charge in [0.1, 0.15) is 11.5 Å². The number of hydrogen-bond acceptors (Lipinski definition) is 5. The molecule has 0 aliphatic carbocycles. The molecule has 1 saturated heterocycles. The molecule has 1 unspecified atom stereocenters. The molecule has 4 rings (SSSR count). The summed E-state index contributed by atoms with van der Waals surface area (Å²) in [5, 5.41) is 11.1. The highest BCUT2D eigenvalue weighted by Crippen LogP contribution is 2.42. The molecule has 0 spiro atoms. The minimum absolute atomic E-state index is 0.0141. The quantitative estimate of drug-likeness (QED) is 0.347. The summed E-state index contributed by atoms with van der Waals surface area (Å²) in [6.07, 6.45) is 2.95. The number of halogens is 2. The molecule has 1 fully saturated rings. The van der Waals surface area contributed by atoms with Crippen LogP contribution < -0.4 is 9.64 Å². The summed E-state index contributed by atoms with van der Waals surface area (Å²) < 4.78 is 33.0. The number of aliphatic hydroxyl groups is 1. The third-order valence-electron chi connectivity index (χ3n) is 5.40. The molecule has 1 N–H and O–H groups in total. The number of ketones is 1. The molecule has 0 bridgehead atoms. The van der Waals surface area contributed by atoms with Crippen molar-refractivity contribution < 1.29 is 28.2 Å². The van der Waals surface area contributed by atoms with E-state index in [4.69, 9.17) is 4.74 Å². The standard InChI is InChI=1S/C25H20F2N2O4/c1-3-33-20-7-4-16(12-14(20)2)23(30)21-22(15-8-10-28-11-9-15)29(25(32)24(21)31)17-5-6-18(26)19(27)13-17/h4-13,22,30H,3H2,1-2H3/b23-21+. The lowest BCUT2D eigenvalue weighted by molar-refractivity contribution is -0.132. The van der Waals surface area contributed by atoms with Crippen LogP contribution in [-0.4, -0.2) is 28.4 Å². The molecular formula is C25H20F2N2O4. The van der Waals surface area contributed by atoms with Crippen LogP contribution in [0.5, 0.6) is 5.75 Å². The zero-order valence-corrected chi connectivity index (χ0v) is 17.9. The largest absolute Gasteiger partial charge is 0.507 e. The Balaban J connectivity index is 1.91. The van der Waals surface area contributed by atoms with Crippen molar-refractivity contribution in [2.24, 2.45) is 0 Å². The van der Waals surface area contributed by atoms with Crippen molar-refractivity contribution in [3.63, 3.8) is 0 Å². The fourth-order valence-corrected chi connectivity index (χ4v) is 3.86. The number of pyridine rings is 1. The van der Waals surface area contributed by atoms with Crippen molar-refractivity contribution in [2.45, 2.75) is 19.9 Å². The highest BCUT2D eigenvalue weighted by molar-refractivity contribution is 6.51. The van der Waals surface area contributed by atoms with Gasteiger partial charge in [-0.2, -0.15) is 0 Å². The van der Waals surface area contributed by atoms with Gasteiger partial charge >= 0.3 is 0 Å². The van der Waals surface area contributed by atoms with Gasteiger partial charge in [0.25, 0.3) is 11.7 Å². The van der Waals surface area contributed by atoms with Gasteiger partial charge in [-0.15, -0.1) is 0 Å². The number of aliphatic hydroxyl groups excluding tert-OH is 1. The van der Waals surface area contributed by atoms with Gasteiger partial charge in [0.2, 0.25) is 0 Å². The van der Waals surface area contributed by atoms with E-state index < -0.39 is 29.4 Å². The maximum atomic E-state index is 14.0. The van der Waals surface area contributed by atoms with Crippen LogP contribution in [0.25, 0.3) is 5.76 Å². The van der Waals surface area contributed by atoms with Crippen LogP contribution >= 0.6 is 0 Å². The molecular weight excluding hydrogens is 430 g/mol. The van der Waals surface area contributed by atoms with Gasteiger partial charge in [-0.25, -0.2) is 8.78 Å². The Kier molecular flexibility index (Phi) is 5.91. The third-order valence-corrected chi connectivity index (χ3v) is 5.40. The smallest absolute Gasteiger partial charge is 0.300 e. The normalized spacial score (nSPS) is 17.5. The summed E-state index contributed by atoms with van der Waals surface area (Å²) in [4.78, 5) is 31.1. The molecule has 168 valence electrons. The van der Waals surface area contributed by atoms with Gasteiger partial charge in [0.15, 0.2) is 11.6 Å². The van der Waals surface area contributed by atoms with Crippen LogP contribution in [0.4, 0.5) is 14.5 Å². The number of benzene rings is 2. The van der Waals surface area contributed by atoms with E-state index >= 15 is 0 Å². The summed E-state index contributed by atoms with van der Waals surface area (Å²) in [7, 11) is 0. The number of hydrogen-bond donors (Lipinski definition) is 1. The summed E-state index contributed by atoms with van der Waals surface area (Å²) in [5.41, 5.74) is 1.34. The molecule has 0 saturated carbocycles. The summed E-state index contributed by atoms with van der Waals surface area (Å²) in [6, 6.07) is 9.93. The Bertz CT molecular complexity index is 1270. The molecule has 1 aliphatic rings. The van der Waals surface area contributed by atoms with E-state index in [1.54, 1.807) is 37.3 Å². The van der Waals surface area contributed by atoms with Crippen molar-refractivity contribution in [3.8, 4) is 5.75 Å². The number of aryl methyl sites for hydroxylation is 1. The highest BCUT2D eigenvalue weighted by atomic mass is 19.2. The molecule has 1 aromatic heterocycles. The van der Waals surface area contributed by atoms with Crippen molar-refractivity contribution >= 4 is 23.1 Å². The van der Waals surface area contributed by atoms with Gasteiger partial charge in [-0.3, -0.25) is 19.5 Å².